The van der Waals surface area contributed by atoms with Crippen LogP contribution in [0.1, 0.15) is 46.5 Å². The van der Waals surface area contributed by atoms with Crippen molar-refractivity contribution in [2.75, 3.05) is 13.1 Å². The molecule has 2 nitrogen and oxygen atoms in total. The van der Waals surface area contributed by atoms with E-state index < -0.39 is 0 Å². The van der Waals surface area contributed by atoms with Crippen molar-refractivity contribution in [3.63, 3.8) is 0 Å². The highest BCUT2D eigenvalue weighted by molar-refractivity contribution is 5.77. The third kappa shape index (κ3) is 3.02. The number of carbonyl (C=O) groups excluding carboxylic acids is 1. The Labute approximate surface area is 81.3 Å². The second-order valence-electron chi connectivity index (χ2n) is 4.46. The molecule has 1 aliphatic rings. The highest BCUT2D eigenvalue weighted by Gasteiger charge is 2.39. The monoisotopic (exact) mass is 183 g/mol. The lowest BCUT2D eigenvalue weighted by atomic mass is 10.0. The van der Waals surface area contributed by atoms with Gasteiger partial charge in [-0.3, -0.25) is 4.79 Å². The average Bonchev–Trinajstić information content (AvgIpc) is 2.78. The second kappa shape index (κ2) is 4.12. The minimum atomic E-state index is 0.351. The summed E-state index contributed by atoms with van der Waals surface area (Å²) >= 11 is 0. The van der Waals surface area contributed by atoms with E-state index in [-0.39, 0.29) is 0 Å². The van der Waals surface area contributed by atoms with Crippen molar-refractivity contribution in [3.05, 3.63) is 0 Å². The van der Waals surface area contributed by atoms with E-state index in [1.54, 1.807) is 0 Å². The number of rotatable bonds is 5. The molecule has 1 fully saturated rings. The Bertz CT molecular complexity index is 185. The van der Waals surface area contributed by atoms with E-state index in [0.29, 0.717) is 11.3 Å². The summed E-state index contributed by atoms with van der Waals surface area (Å²) in [6, 6.07) is 0. The molecule has 0 bridgehead atoms. The maximum Gasteiger partial charge on any atom is 0.223 e. The minimum Gasteiger partial charge on any atom is -0.343 e. The van der Waals surface area contributed by atoms with Gasteiger partial charge in [0.2, 0.25) is 5.91 Å². The predicted molar refractivity (Wildman–Crippen MR) is 54.5 cm³/mol. The fourth-order valence-electron chi connectivity index (χ4n) is 1.60. The molecule has 0 aromatic rings. The van der Waals surface area contributed by atoms with Crippen molar-refractivity contribution < 1.29 is 4.79 Å². The van der Waals surface area contributed by atoms with E-state index in [1.165, 1.54) is 12.8 Å². The van der Waals surface area contributed by atoms with Gasteiger partial charge in [0.1, 0.15) is 0 Å². The lowest BCUT2D eigenvalue weighted by molar-refractivity contribution is -0.132. The molecular formula is C11H21NO. The minimum absolute atomic E-state index is 0.351. The molecule has 0 aromatic heterocycles. The number of nitrogens with zero attached hydrogens (tertiary/aromatic N) is 1. The quantitative estimate of drug-likeness (QED) is 0.641. The van der Waals surface area contributed by atoms with E-state index in [1.807, 2.05) is 4.90 Å². The largest absolute Gasteiger partial charge is 0.343 e. The lowest BCUT2D eigenvalue weighted by Crippen LogP contribution is -2.32. The lowest BCUT2D eigenvalue weighted by Gasteiger charge is -2.21. The van der Waals surface area contributed by atoms with Crippen molar-refractivity contribution in [3.8, 4) is 0 Å². The van der Waals surface area contributed by atoms with Crippen LogP contribution in [0.5, 0.6) is 0 Å². The average molecular weight is 183 g/mol. The zero-order valence-corrected chi connectivity index (χ0v) is 9.10. The molecular weight excluding hydrogens is 162 g/mol. The van der Waals surface area contributed by atoms with Gasteiger partial charge in [0.05, 0.1) is 0 Å². The molecule has 1 saturated carbocycles. The van der Waals surface area contributed by atoms with Gasteiger partial charge in [-0.15, -0.1) is 0 Å². The number of carbonyl (C=O) groups is 1. The first kappa shape index (κ1) is 10.6. The summed E-state index contributed by atoms with van der Waals surface area (Å²) in [7, 11) is 0. The molecule has 1 aliphatic carbocycles. The smallest absolute Gasteiger partial charge is 0.223 e. The highest BCUT2D eigenvalue weighted by Crippen LogP contribution is 2.48. The summed E-state index contributed by atoms with van der Waals surface area (Å²) in [6.45, 7) is 8.18. The van der Waals surface area contributed by atoms with Crippen molar-refractivity contribution >= 4 is 5.91 Å². The highest BCUT2D eigenvalue weighted by atomic mass is 16.2. The van der Waals surface area contributed by atoms with Crippen LogP contribution in [-0.4, -0.2) is 23.9 Å². The normalized spacial score (nSPS) is 18.4. The standard InChI is InChI=1S/C11H21NO/c1-4-8-12(5-2)10(13)9-11(3)6-7-11/h4-9H2,1-3H3. The van der Waals surface area contributed by atoms with Crippen LogP contribution in [0.3, 0.4) is 0 Å². The molecule has 0 radical (unpaired) electrons. The van der Waals surface area contributed by atoms with Crippen LogP contribution in [0, 0.1) is 5.41 Å². The molecule has 0 heterocycles. The Morgan fingerprint density at radius 2 is 2.00 bits per heavy atom. The molecule has 13 heavy (non-hydrogen) atoms. The molecule has 0 unspecified atom stereocenters. The van der Waals surface area contributed by atoms with Gasteiger partial charge < -0.3 is 4.90 Å². The van der Waals surface area contributed by atoms with Gasteiger partial charge in [0.25, 0.3) is 0 Å². The molecule has 0 N–H and O–H groups in total. The van der Waals surface area contributed by atoms with Crippen molar-refractivity contribution in [2.24, 2.45) is 5.41 Å². The summed E-state index contributed by atoms with van der Waals surface area (Å²) in [4.78, 5) is 13.7. The van der Waals surface area contributed by atoms with Gasteiger partial charge in [0, 0.05) is 19.5 Å². The van der Waals surface area contributed by atoms with Crippen LogP contribution >= 0.6 is 0 Å². The summed E-state index contributed by atoms with van der Waals surface area (Å²) in [5.74, 6) is 0.351. The molecule has 2 heteroatoms. The van der Waals surface area contributed by atoms with E-state index in [2.05, 4.69) is 20.8 Å². The molecule has 0 atom stereocenters. The summed E-state index contributed by atoms with van der Waals surface area (Å²) in [6.07, 6.45) is 4.31. The third-order valence-electron chi connectivity index (χ3n) is 2.91. The molecule has 0 saturated heterocycles. The Kier molecular flexibility index (Phi) is 3.34. The Morgan fingerprint density at radius 3 is 2.38 bits per heavy atom. The summed E-state index contributed by atoms with van der Waals surface area (Å²) < 4.78 is 0. The van der Waals surface area contributed by atoms with E-state index in [4.69, 9.17) is 0 Å². The summed E-state index contributed by atoms with van der Waals surface area (Å²) in [5, 5.41) is 0. The van der Waals surface area contributed by atoms with E-state index >= 15 is 0 Å². The molecule has 0 aromatic carbocycles. The SMILES string of the molecule is CCCN(CC)C(=O)CC1(C)CC1. The molecule has 76 valence electrons. The zero-order valence-electron chi connectivity index (χ0n) is 9.10. The van der Waals surface area contributed by atoms with Crippen LogP contribution in [0.15, 0.2) is 0 Å². The number of amides is 1. The topological polar surface area (TPSA) is 20.3 Å². The van der Waals surface area contributed by atoms with Gasteiger partial charge in [0.15, 0.2) is 0 Å². The van der Waals surface area contributed by atoms with Crippen LogP contribution < -0.4 is 0 Å². The van der Waals surface area contributed by atoms with Crippen LogP contribution in [0.2, 0.25) is 0 Å². The van der Waals surface area contributed by atoms with Gasteiger partial charge >= 0.3 is 0 Å². The van der Waals surface area contributed by atoms with Gasteiger partial charge in [-0.05, 0) is 31.6 Å². The van der Waals surface area contributed by atoms with Crippen LogP contribution in [-0.2, 0) is 4.79 Å². The first-order chi connectivity index (χ1) is 6.11. The first-order valence-electron chi connectivity index (χ1n) is 5.39. The molecule has 1 amide bonds. The maximum absolute atomic E-state index is 11.7. The molecule has 0 aliphatic heterocycles. The third-order valence-corrected chi connectivity index (χ3v) is 2.91. The Balaban J connectivity index is 2.35. The first-order valence-corrected chi connectivity index (χ1v) is 5.39. The fraction of sp³-hybridized carbons (Fsp3) is 0.909. The summed E-state index contributed by atoms with van der Waals surface area (Å²) in [5.41, 5.74) is 0.359. The van der Waals surface area contributed by atoms with Crippen molar-refractivity contribution in [1.29, 1.82) is 0 Å². The van der Waals surface area contributed by atoms with E-state index in [9.17, 15) is 4.79 Å². The Morgan fingerprint density at radius 1 is 1.38 bits per heavy atom. The van der Waals surface area contributed by atoms with Crippen molar-refractivity contribution in [1.82, 2.24) is 4.90 Å². The molecule has 1 rings (SSSR count). The number of hydrogen-bond acceptors (Lipinski definition) is 1. The van der Waals surface area contributed by atoms with Crippen LogP contribution in [0.4, 0.5) is 0 Å². The van der Waals surface area contributed by atoms with E-state index in [0.717, 1.165) is 25.9 Å². The van der Waals surface area contributed by atoms with Crippen molar-refractivity contribution in [2.45, 2.75) is 46.5 Å². The number of hydrogen-bond donors (Lipinski definition) is 0. The zero-order chi connectivity index (χ0) is 9.90. The maximum atomic E-state index is 11.7. The predicted octanol–water partition coefficient (Wildman–Crippen LogP) is 2.44. The molecule has 0 spiro atoms. The van der Waals surface area contributed by atoms with Gasteiger partial charge in [-0.2, -0.15) is 0 Å². The van der Waals surface area contributed by atoms with Crippen LogP contribution in [0.25, 0.3) is 0 Å². The second-order valence-corrected chi connectivity index (χ2v) is 4.46. The fourth-order valence-corrected chi connectivity index (χ4v) is 1.60. The van der Waals surface area contributed by atoms with Gasteiger partial charge in [-0.25, -0.2) is 0 Å². The Hall–Kier alpha value is -0.530. The van der Waals surface area contributed by atoms with Gasteiger partial charge in [-0.1, -0.05) is 13.8 Å².